The second-order valence-electron chi connectivity index (χ2n) is 8.97. The Morgan fingerprint density at radius 2 is 1.92 bits per heavy atom. The number of carbonyl (C=O) groups is 2. The first-order valence-electron chi connectivity index (χ1n) is 11.6. The van der Waals surface area contributed by atoms with Gasteiger partial charge in [0.25, 0.3) is 5.91 Å². The Labute approximate surface area is 221 Å². The zero-order valence-electron chi connectivity index (χ0n) is 20.9. The first-order valence-corrected chi connectivity index (χ1v) is 12.5. The molecule has 0 radical (unpaired) electrons. The number of hydrogen-bond donors (Lipinski definition) is 2. The van der Waals surface area contributed by atoms with Crippen LogP contribution in [0.4, 0.5) is 28.9 Å². The van der Waals surface area contributed by atoms with Crippen molar-refractivity contribution in [2.75, 3.05) is 37.8 Å². The zero-order valence-corrected chi connectivity index (χ0v) is 21.7. The lowest BCUT2D eigenvalue weighted by Crippen LogP contribution is -2.36. The Morgan fingerprint density at radius 1 is 1.13 bits per heavy atom. The lowest BCUT2D eigenvalue weighted by atomic mass is 10.0. The van der Waals surface area contributed by atoms with E-state index in [4.69, 9.17) is 0 Å². The monoisotopic (exact) mass is 542 g/mol. The molecule has 4 rings (SSSR count). The Bertz CT molecular complexity index is 1410. The summed E-state index contributed by atoms with van der Waals surface area (Å²) in [5.41, 5.74) is 0.698. The van der Waals surface area contributed by atoms with Crippen molar-refractivity contribution in [3.05, 3.63) is 69.9 Å². The molecule has 3 aromatic rings. The quantitative estimate of drug-likeness (QED) is 0.467. The van der Waals surface area contributed by atoms with E-state index in [0.717, 1.165) is 30.3 Å². The molecule has 1 aliphatic heterocycles. The van der Waals surface area contributed by atoms with Gasteiger partial charge in [-0.25, -0.2) is 14.8 Å². The number of likely N-dealkylation sites (tertiary alicyclic amines) is 1. The Morgan fingerprint density at radius 3 is 2.63 bits per heavy atom. The molecule has 1 atom stereocenters. The van der Waals surface area contributed by atoms with Gasteiger partial charge in [0.2, 0.25) is 0 Å². The summed E-state index contributed by atoms with van der Waals surface area (Å²) >= 11 is 1.23. The van der Waals surface area contributed by atoms with E-state index in [2.05, 4.69) is 37.3 Å². The summed E-state index contributed by atoms with van der Waals surface area (Å²) in [6.07, 6.45) is -1.08. The van der Waals surface area contributed by atoms with Crippen LogP contribution >= 0.6 is 11.3 Å². The minimum absolute atomic E-state index is 0.201. The van der Waals surface area contributed by atoms with Crippen molar-refractivity contribution in [2.45, 2.75) is 25.6 Å². The molecule has 1 saturated heterocycles. The summed E-state index contributed by atoms with van der Waals surface area (Å²) < 4.78 is 38.8. The number of urea groups is 1. The fourth-order valence-corrected chi connectivity index (χ4v) is 4.46. The number of rotatable bonds is 4. The summed E-state index contributed by atoms with van der Waals surface area (Å²) in [5.74, 6) is 5.18. The zero-order chi connectivity index (χ0) is 27.4. The first-order chi connectivity index (χ1) is 18.0. The van der Waals surface area contributed by atoms with Gasteiger partial charge in [-0.2, -0.15) is 13.2 Å². The number of thiazole rings is 1. The highest BCUT2D eigenvalue weighted by Crippen LogP contribution is 2.30. The van der Waals surface area contributed by atoms with Crippen molar-refractivity contribution in [1.82, 2.24) is 19.8 Å². The van der Waals surface area contributed by atoms with Crippen LogP contribution < -0.4 is 10.6 Å². The van der Waals surface area contributed by atoms with Crippen LogP contribution in [0.15, 0.2) is 42.7 Å². The molecule has 2 aromatic heterocycles. The number of benzene rings is 1. The number of aromatic nitrogens is 2. The van der Waals surface area contributed by atoms with Gasteiger partial charge in [0.05, 0.1) is 16.6 Å². The van der Waals surface area contributed by atoms with Crippen LogP contribution in [-0.4, -0.2) is 64.9 Å². The maximum absolute atomic E-state index is 12.9. The second-order valence-corrected chi connectivity index (χ2v) is 10.0. The third-order valence-electron chi connectivity index (χ3n) is 6.05. The van der Waals surface area contributed by atoms with Gasteiger partial charge in [0.15, 0.2) is 5.13 Å². The number of hydrogen-bond acceptors (Lipinski definition) is 6. The highest BCUT2D eigenvalue weighted by molar-refractivity contribution is 7.16. The molecule has 2 N–H and O–H groups in total. The molecule has 1 aliphatic rings. The molecule has 0 saturated carbocycles. The summed E-state index contributed by atoms with van der Waals surface area (Å²) in [7, 11) is 3.99. The van der Waals surface area contributed by atoms with Gasteiger partial charge in [-0.3, -0.25) is 10.1 Å². The summed E-state index contributed by atoms with van der Waals surface area (Å²) in [4.78, 5) is 37.7. The van der Waals surface area contributed by atoms with E-state index in [1.165, 1.54) is 11.3 Å². The average molecular weight is 543 g/mol. The second kappa shape index (κ2) is 11.2. The largest absolute Gasteiger partial charge is 0.416 e. The van der Waals surface area contributed by atoms with E-state index < -0.39 is 17.6 Å². The number of pyridine rings is 1. The van der Waals surface area contributed by atoms with Gasteiger partial charge < -0.3 is 15.1 Å². The molecule has 0 aliphatic carbocycles. The Hall–Kier alpha value is -3.95. The molecule has 0 unspecified atom stereocenters. The number of alkyl halides is 3. The van der Waals surface area contributed by atoms with Crippen LogP contribution in [0.5, 0.6) is 0 Å². The van der Waals surface area contributed by atoms with Crippen molar-refractivity contribution in [2.24, 2.45) is 0 Å². The minimum atomic E-state index is -4.54. The fourth-order valence-electron chi connectivity index (χ4n) is 3.80. The lowest BCUT2D eigenvalue weighted by Gasteiger charge is -2.20. The highest BCUT2D eigenvalue weighted by Gasteiger charge is 2.31. The summed E-state index contributed by atoms with van der Waals surface area (Å²) in [5, 5.41) is 5.64. The Balaban J connectivity index is 1.42. The summed E-state index contributed by atoms with van der Waals surface area (Å²) in [6.45, 7) is 3.17. The van der Waals surface area contributed by atoms with Gasteiger partial charge in [-0.05, 0) is 63.2 Å². The number of amides is 3. The molecular formula is C26H25F3N6O2S. The van der Waals surface area contributed by atoms with E-state index in [1.54, 1.807) is 29.3 Å². The van der Waals surface area contributed by atoms with E-state index >= 15 is 0 Å². The predicted molar refractivity (Wildman–Crippen MR) is 139 cm³/mol. The van der Waals surface area contributed by atoms with Crippen LogP contribution in [0.3, 0.4) is 0 Å². The standard InChI is InChI=1S/C26H25F3N6O2S/c1-16-4-5-18(23(36)32-22-13-19(8-10-30-22)26(27,28)29)12-17(16)6-7-21-14-31-24(38-21)33-25(37)35-11-9-20(15-35)34(2)3/h4-5,8,10,12-14,20H,9,11,15H2,1-3H3,(H,30,32,36)(H,31,33,37)/t20-/m0/s1. The molecule has 198 valence electrons. The maximum atomic E-state index is 12.9. The van der Waals surface area contributed by atoms with Crippen molar-refractivity contribution in [3.8, 4) is 11.8 Å². The topological polar surface area (TPSA) is 90.5 Å². The van der Waals surface area contributed by atoms with E-state index in [1.807, 2.05) is 21.0 Å². The van der Waals surface area contributed by atoms with Crippen molar-refractivity contribution < 1.29 is 22.8 Å². The normalized spacial score (nSPS) is 15.2. The van der Waals surface area contributed by atoms with Crippen molar-refractivity contribution in [1.29, 1.82) is 0 Å². The highest BCUT2D eigenvalue weighted by atomic mass is 32.1. The molecule has 38 heavy (non-hydrogen) atoms. The lowest BCUT2D eigenvalue weighted by molar-refractivity contribution is -0.137. The van der Waals surface area contributed by atoms with Gasteiger partial charge in [0, 0.05) is 36.5 Å². The number of nitrogens with zero attached hydrogens (tertiary/aromatic N) is 4. The minimum Gasteiger partial charge on any atom is -0.323 e. The van der Waals surface area contributed by atoms with Crippen LogP contribution in [-0.2, 0) is 6.18 Å². The number of anilines is 2. The van der Waals surface area contributed by atoms with Crippen LogP contribution in [0, 0.1) is 18.8 Å². The number of halogens is 3. The summed E-state index contributed by atoms with van der Waals surface area (Å²) in [6, 6.07) is 6.56. The molecule has 12 heteroatoms. The first kappa shape index (κ1) is 27.1. The van der Waals surface area contributed by atoms with E-state index in [9.17, 15) is 22.8 Å². The number of likely N-dealkylation sites (N-methyl/N-ethyl adjacent to an activating group) is 1. The molecule has 1 aromatic carbocycles. The van der Waals surface area contributed by atoms with E-state index in [0.29, 0.717) is 34.7 Å². The van der Waals surface area contributed by atoms with Gasteiger partial charge >= 0.3 is 12.2 Å². The van der Waals surface area contributed by atoms with Gasteiger partial charge in [-0.1, -0.05) is 23.3 Å². The fraction of sp³-hybridized carbons (Fsp3) is 0.308. The SMILES string of the molecule is Cc1ccc(C(=O)Nc2cc(C(F)(F)F)ccn2)cc1C#Cc1cnc(NC(=O)N2CC[C@H](N(C)C)C2)s1. The maximum Gasteiger partial charge on any atom is 0.416 e. The molecule has 3 heterocycles. The van der Waals surface area contributed by atoms with Crippen LogP contribution in [0.2, 0.25) is 0 Å². The van der Waals surface area contributed by atoms with Crippen molar-refractivity contribution >= 4 is 34.2 Å². The Kier molecular flexibility index (Phi) is 7.99. The average Bonchev–Trinajstić information content (AvgIpc) is 3.53. The molecule has 0 bridgehead atoms. The van der Waals surface area contributed by atoms with Crippen LogP contribution in [0.1, 0.15) is 38.3 Å². The van der Waals surface area contributed by atoms with Crippen molar-refractivity contribution in [3.63, 3.8) is 0 Å². The number of carbonyl (C=O) groups excluding carboxylic acids is 2. The predicted octanol–water partition coefficient (Wildman–Crippen LogP) is 4.69. The molecule has 3 amide bonds. The van der Waals surface area contributed by atoms with E-state index in [-0.39, 0.29) is 17.4 Å². The number of nitrogens with one attached hydrogen (secondary N) is 2. The molecule has 8 nitrogen and oxygen atoms in total. The van der Waals surface area contributed by atoms with Gasteiger partial charge in [-0.15, -0.1) is 0 Å². The smallest absolute Gasteiger partial charge is 0.323 e. The third-order valence-corrected chi connectivity index (χ3v) is 6.88. The molecular weight excluding hydrogens is 517 g/mol. The molecule has 1 fully saturated rings. The number of aryl methyl sites for hydroxylation is 1. The van der Waals surface area contributed by atoms with Gasteiger partial charge in [0.1, 0.15) is 5.82 Å². The van der Waals surface area contributed by atoms with Crippen LogP contribution in [0.25, 0.3) is 0 Å². The third kappa shape index (κ3) is 6.67. The molecule has 0 spiro atoms.